The van der Waals surface area contributed by atoms with Crippen molar-refractivity contribution in [2.75, 3.05) is 13.7 Å². The van der Waals surface area contributed by atoms with Gasteiger partial charge in [-0.1, -0.05) is 6.07 Å². The summed E-state index contributed by atoms with van der Waals surface area (Å²) in [5.41, 5.74) is -7.90. The van der Waals surface area contributed by atoms with E-state index in [9.17, 15) is 32.6 Å². The highest BCUT2D eigenvalue weighted by atomic mass is 19.4. The second-order valence-corrected chi connectivity index (χ2v) is 9.58. The first-order valence-corrected chi connectivity index (χ1v) is 11.9. The number of pyridine rings is 2. The zero-order valence-corrected chi connectivity index (χ0v) is 21.5. The summed E-state index contributed by atoms with van der Waals surface area (Å²) in [6.45, 7) is 0.871. The van der Waals surface area contributed by atoms with Gasteiger partial charge in [0.1, 0.15) is 22.8 Å². The van der Waals surface area contributed by atoms with Crippen LogP contribution in [0.2, 0.25) is 0 Å². The molecule has 0 saturated heterocycles. The Bertz CT molecular complexity index is 1570. The number of methoxy groups -OCH3 is 1. The molecule has 1 atom stereocenters. The van der Waals surface area contributed by atoms with E-state index in [0.717, 1.165) is 38.1 Å². The van der Waals surface area contributed by atoms with Crippen LogP contribution in [0.1, 0.15) is 35.5 Å². The van der Waals surface area contributed by atoms with Crippen LogP contribution >= 0.6 is 0 Å². The molecule has 4 aromatic rings. The fourth-order valence-electron chi connectivity index (χ4n) is 4.08. The lowest BCUT2D eigenvalue weighted by molar-refractivity contribution is -0.265. The summed E-state index contributed by atoms with van der Waals surface area (Å²) >= 11 is 0. The van der Waals surface area contributed by atoms with Crippen molar-refractivity contribution >= 4 is 16.8 Å². The van der Waals surface area contributed by atoms with Crippen molar-refractivity contribution in [3.63, 3.8) is 0 Å². The van der Waals surface area contributed by atoms with Crippen LogP contribution in [0, 0.1) is 11.6 Å². The second-order valence-electron chi connectivity index (χ2n) is 9.58. The predicted octanol–water partition coefficient (Wildman–Crippen LogP) is 4.99. The first kappa shape index (κ1) is 28.8. The van der Waals surface area contributed by atoms with Crippen molar-refractivity contribution in [2.45, 2.75) is 31.2 Å². The lowest BCUT2D eigenvalue weighted by Crippen LogP contribution is -2.51. The quantitative estimate of drug-likeness (QED) is 0.275. The molecular weight excluding hydrogens is 537 g/mol. The molecule has 0 aliphatic heterocycles. The van der Waals surface area contributed by atoms with Crippen LogP contribution in [0.15, 0.2) is 60.8 Å². The summed E-state index contributed by atoms with van der Waals surface area (Å²) in [4.78, 5) is 20.8. The molecule has 1 amide bonds. The number of aromatic nitrogens is 2. The Balaban J connectivity index is 1.78. The van der Waals surface area contributed by atoms with Crippen LogP contribution in [0.5, 0.6) is 5.75 Å². The van der Waals surface area contributed by atoms with Crippen LogP contribution in [0.25, 0.3) is 22.2 Å². The van der Waals surface area contributed by atoms with E-state index in [1.807, 2.05) is 0 Å². The Morgan fingerprint density at radius 2 is 1.70 bits per heavy atom. The van der Waals surface area contributed by atoms with Gasteiger partial charge in [-0.05, 0) is 62.4 Å². The highest BCUT2D eigenvalue weighted by Crippen LogP contribution is 2.41. The van der Waals surface area contributed by atoms with Gasteiger partial charge in [0.25, 0.3) is 5.91 Å². The lowest BCUT2D eigenvalue weighted by atomic mass is 9.90. The third-order valence-corrected chi connectivity index (χ3v) is 6.28. The van der Waals surface area contributed by atoms with E-state index >= 15 is 4.39 Å². The standard InChI is InChI=1S/C28H24F5N3O4/c1-26(2,38)19-13-21(36-24(22(19)30)15-6-8-18(29)9-7-15)27(39,28(31,32)33)14-35-25(37)17-11-16-5-4-10-34-23(16)20(12-17)40-3/h4-13,38-39H,14H2,1-3H3,(H,35,37)/t27-/m0/s1. The van der Waals surface area contributed by atoms with Crippen molar-refractivity contribution in [3.05, 3.63) is 89.2 Å². The Kier molecular flexibility index (Phi) is 7.52. The highest BCUT2D eigenvalue weighted by Gasteiger charge is 2.57. The molecule has 3 N–H and O–H groups in total. The number of rotatable bonds is 7. The Morgan fingerprint density at radius 3 is 2.30 bits per heavy atom. The fourth-order valence-corrected chi connectivity index (χ4v) is 4.08. The van der Waals surface area contributed by atoms with Gasteiger partial charge in [-0.25, -0.2) is 13.8 Å². The smallest absolute Gasteiger partial charge is 0.424 e. The van der Waals surface area contributed by atoms with Gasteiger partial charge < -0.3 is 20.3 Å². The van der Waals surface area contributed by atoms with Gasteiger partial charge in [0.05, 0.1) is 24.9 Å². The zero-order chi connectivity index (χ0) is 29.5. The van der Waals surface area contributed by atoms with E-state index in [4.69, 9.17) is 4.74 Å². The number of benzene rings is 2. The van der Waals surface area contributed by atoms with E-state index in [-0.39, 0.29) is 16.9 Å². The number of aliphatic hydroxyl groups is 2. The maximum atomic E-state index is 15.4. The highest BCUT2D eigenvalue weighted by molar-refractivity contribution is 5.99. The first-order chi connectivity index (χ1) is 18.7. The molecule has 0 spiro atoms. The summed E-state index contributed by atoms with van der Waals surface area (Å²) in [5, 5.41) is 24.0. The number of halogens is 5. The van der Waals surface area contributed by atoms with Gasteiger partial charge in [0, 0.05) is 28.3 Å². The molecule has 2 heterocycles. The maximum absolute atomic E-state index is 15.4. The Morgan fingerprint density at radius 1 is 1.02 bits per heavy atom. The molecule has 0 bridgehead atoms. The van der Waals surface area contributed by atoms with Crippen LogP contribution in [0.3, 0.4) is 0 Å². The van der Waals surface area contributed by atoms with Crippen LogP contribution in [-0.2, 0) is 11.2 Å². The molecule has 7 nitrogen and oxygen atoms in total. The number of nitrogens with one attached hydrogen (secondary N) is 1. The van der Waals surface area contributed by atoms with Gasteiger partial charge in [-0.2, -0.15) is 13.2 Å². The second kappa shape index (κ2) is 10.4. The summed E-state index contributed by atoms with van der Waals surface area (Å²) in [6, 6.07) is 10.6. The van der Waals surface area contributed by atoms with Gasteiger partial charge in [-0.3, -0.25) is 9.78 Å². The number of carbonyl (C=O) groups is 1. The molecule has 0 radical (unpaired) electrons. The molecule has 0 aliphatic carbocycles. The summed E-state index contributed by atoms with van der Waals surface area (Å²) in [6.07, 6.45) is -3.90. The Labute approximate surface area is 225 Å². The average Bonchev–Trinajstić information content (AvgIpc) is 2.90. The zero-order valence-electron chi connectivity index (χ0n) is 21.5. The minimum atomic E-state index is -5.41. The average molecular weight is 562 g/mol. The molecule has 12 heteroatoms. The van der Waals surface area contributed by atoms with Crippen LogP contribution in [0.4, 0.5) is 22.0 Å². The number of hydrogen-bond acceptors (Lipinski definition) is 6. The molecule has 40 heavy (non-hydrogen) atoms. The van der Waals surface area contributed by atoms with E-state index in [2.05, 4.69) is 15.3 Å². The number of ether oxygens (including phenoxy) is 1. The van der Waals surface area contributed by atoms with E-state index in [1.165, 1.54) is 25.4 Å². The predicted molar refractivity (Wildman–Crippen MR) is 135 cm³/mol. The van der Waals surface area contributed by atoms with Crippen molar-refractivity contribution in [2.24, 2.45) is 0 Å². The topological polar surface area (TPSA) is 105 Å². The third-order valence-electron chi connectivity index (χ3n) is 6.28. The molecule has 0 saturated carbocycles. The van der Waals surface area contributed by atoms with Gasteiger partial charge in [0.15, 0.2) is 5.82 Å². The minimum absolute atomic E-state index is 0.0712. The lowest BCUT2D eigenvalue weighted by Gasteiger charge is -2.32. The normalized spacial score (nSPS) is 13.7. The number of carbonyl (C=O) groups excluding carboxylic acids is 1. The van der Waals surface area contributed by atoms with Crippen molar-refractivity contribution < 1.29 is 41.7 Å². The number of alkyl halides is 3. The maximum Gasteiger partial charge on any atom is 0.424 e. The SMILES string of the molecule is COc1cc(C(=O)NC[C@](O)(c2cc(C(C)(C)O)c(F)c(-c3ccc(F)cc3)n2)C(F)(F)F)cc2cccnc12. The molecule has 4 rings (SSSR count). The van der Waals surface area contributed by atoms with Gasteiger partial charge in [0.2, 0.25) is 5.60 Å². The summed E-state index contributed by atoms with van der Waals surface area (Å²) in [5.74, 6) is -2.62. The van der Waals surface area contributed by atoms with E-state index in [0.29, 0.717) is 17.0 Å². The molecule has 2 aromatic carbocycles. The summed E-state index contributed by atoms with van der Waals surface area (Å²) < 4.78 is 77.3. The van der Waals surface area contributed by atoms with Crippen molar-refractivity contribution in [3.8, 4) is 17.0 Å². The fraction of sp³-hybridized carbons (Fsp3) is 0.250. The van der Waals surface area contributed by atoms with Gasteiger partial charge >= 0.3 is 6.18 Å². The Hall–Kier alpha value is -4.16. The number of nitrogens with zero attached hydrogens (tertiary/aromatic N) is 2. The van der Waals surface area contributed by atoms with Crippen LogP contribution < -0.4 is 10.1 Å². The molecular formula is C28H24F5N3O4. The largest absolute Gasteiger partial charge is 0.494 e. The van der Waals surface area contributed by atoms with Gasteiger partial charge in [-0.15, -0.1) is 0 Å². The number of amides is 1. The third kappa shape index (κ3) is 5.45. The first-order valence-electron chi connectivity index (χ1n) is 11.9. The molecule has 0 fully saturated rings. The van der Waals surface area contributed by atoms with E-state index in [1.54, 1.807) is 12.1 Å². The van der Waals surface area contributed by atoms with Crippen LogP contribution in [-0.4, -0.2) is 45.9 Å². The van der Waals surface area contributed by atoms with Crippen molar-refractivity contribution in [1.82, 2.24) is 15.3 Å². The molecule has 210 valence electrons. The molecule has 0 aliphatic rings. The molecule has 0 unspecified atom stereocenters. The molecule has 2 aromatic heterocycles. The number of hydrogen-bond donors (Lipinski definition) is 3. The van der Waals surface area contributed by atoms with Crippen molar-refractivity contribution in [1.29, 1.82) is 0 Å². The minimum Gasteiger partial charge on any atom is -0.494 e. The summed E-state index contributed by atoms with van der Waals surface area (Å²) in [7, 11) is 1.34. The number of fused-ring (bicyclic) bond motifs is 1. The van der Waals surface area contributed by atoms with E-state index < -0.39 is 58.4 Å². The monoisotopic (exact) mass is 561 g/mol.